The van der Waals surface area contributed by atoms with Gasteiger partial charge >= 0.3 is 0 Å². The summed E-state index contributed by atoms with van der Waals surface area (Å²) in [4.78, 5) is 28.8. The Bertz CT molecular complexity index is 1220. The van der Waals surface area contributed by atoms with E-state index >= 15 is 0 Å². The van der Waals surface area contributed by atoms with Crippen LogP contribution in [0.2, 0.25) is 0 Å². The Morgan fingerprint density at radius 1 is 1.10 bits per heavy atom. The molecule has 0 unspecified atom stereocenters. The fraction of sp³-hybridized carbons (Fsp3) is 0.0909. The van der Waals surface area contributed by atoms with E-state index in [2.05, 4.69) is 15.4 Å². The number of nitrogens with zero attached hydrogens (tertiary/aromatic N) is 3. The average molecular weight is 388 g/mol. The quantitative estimate of drug-likeness (QED) is 0.522. The minimum absolute atomic E-state index is 0.0757. The Hall–Kier alpha value is -3.87. The molecule has 7 heteroatoms. The van der Waals surface area contributed by atoms with Gasteiger partial charge in [0.2, 0.25) is 5.91 Å². The third-order valence-corrected chi connectivity index (χ3v) is 4.52. The van der Waals surface area contributed by atoms with E-state index in [4.69, 9.17) is 0 Å². The summed E-state index contributed by atoms with van der Waals surface area (Å²) in [5.74, 6) is -0.765. The number of halogens is 1. The van der Waals surface area contributed by atoms with Crippen LogP contribution >= 0.6 is 0 Å². The highest BCUT2D eigenvalue weighted by Crippen LogP contribution is 2.25. The van der Waals surface area contributed by atoms with Crippen molar-refractivity contribution in [2.45, 2.75) is 13.3 Å². The van der Waals surface area contributed by atoms with Crippen LogP contribution in [-0.2, 0) is 4.79 Å². The maximum atomic E-state index is 13.2. The number of aromatic nitrogens is 3. The highest BCUT2D eigenvalue weighted by atomic mass is 19.1. The van der Waals surface area contributed by atoms with Gasteiger partial charge in [-0.25, -0.2) is 13.9 Å². The molecule has 4 rings (SSSR count). The number of anilines is 1. The molecule has 1 amide bonds. The molecule has 0 aliphatic carbocycles. The summed E-state index contributed by atoms with van der Waals surface area (Å²) in [6.07, 6.45) is 3.45. The van der Waals surface area contributed by atoms with Gasteiger partial charge in [0.25, 0.3) is 0 Å². The molecule has 6 nitrogen and oxygen atoms in total. The number of rotatable bonds is 5. The third kappa shape index (κ3) is 3.62. The van der Waals surface area contributed by atoms with Gasteiger partial charge in [0.05, 0.1) is 17.5 Å². The van der Waals surface area contributed by atoms with Crippen LogP contribution in [0, 0.1) is 5.82 Å². The monoisotopic (exact) mass is 388 g/mol. The maximum absolute atomic E-state index is 13.2. The largest absolute Gasteiger partial charge is 0.326 e. The van der Waals surface area contributed by atoms with Crippen molar-refractivity contribution in [3.05, 3.63) is 83.9 Å². The standard InChI is InChI=1S/C22H17FN4O2/c1-2-20(28)26-17-5-3-4-15(12-17)19-10-11-24-22-18(13-25-27(19)22)21(29)14-6-8-16(23)9-7-14/h3-13H,2H2,1H3,(H,26,28). The molecule has 2 heterocycles. The molecule has 2 aromatic carbocycles. The van der Waals surface area contributed by atoms with Crippen LogP contribution in [0.4, 0.5) is 10.1 Å². The van der Waals surface area contributed by atoms with Crippen molar-refractivity contribution in [1.29, 1.82) is 0 Å². The zero-order valence-corrected chi connectivity index (χ0v) is 15.6. The molecular formula is C22H17FN4O2. The molecule has 0 saturated heterocycles. The van der Waals surface area contributed by atoms with Crippen LogP contribution in [0.3, 0.4) is 0 Å². The van der Waals surface area contributed by atoms with E-state index in [1.165, 1.54) is 30.5 Å². The summed E-state index contributed by atoms with van der Waals surface area (Å²) in [6, 6.07) is 14.5. The average Bonchev–Trinajstić information content (AvgIpc) is 3.18. The van der Waals surface area contributed by atoms with Crippen molar-refractivity contribution in [2.24, 2.45) is 0 Å². The molecule has 2 aromatic heterocycles. The number of amides is 1. The summed E-state index contributed by atoms with van der Waals surface area (Å²) >= 11 is 0. The highest BCUT2D eigenvalue weighted by Gasteiger charge is 2.18. The van der Waals surface area contributed by atoms with Crippen molar-refractivity contribution in [3.63, 3.8) is 0 Å². The minimum Gasteiger partial charge on any atom is -0.326 e. The second-order valence-corrected chi connectivity index (χ2v) is 6.44. The second kappa shape index (κ2) is 7.63. The first kappa shape index (κ1) is 18.5. The number of nitrogens with one attached hydrogen (secondary N) is 1. The lowest BCUT2D eigenvalue weighted by Gasteiger charge is -2.08. The van der Waals surface area contributed by atoms with Crippen LogP contribution in [0.1, 0.15) is 29.3 Å². The van der Waals surface area contributed by atoms with Crippen LogP contribution in [0.5, 0.6) is 0 Å². The van der Waals surface area contributed by atoms with Gasteiger partial charge in [-0.05, 0) is 42.5 Å². The van der Waals surface area contributed by atoms with Gasteiger partial charge in [0, 0.05) is 29.4 Å². The maximum Gasteiger partial charge on any atom is 0.224 e. The molecule has 0 bridgehead atoms. The molecule has 29 heavy (non-hydrogen) atoms. The molecule has 0 spiro atoms. The molecule has 0 fully saturated rings. The first-order valence-corrected chi connectivity index (χ1v) is 9.10. The summed E-state index contributed by atoms with van der Waals surface area (Å²) in [6.45, 7) is 1.79. The normalized spacial score (nSPS) is 10.8. The number of ketones is 1. The van der Waals surface area contributed by atoms with Crippen LogP contribution in [0.15, 0.2) is 67.0 Å². The Kier molecular flexibility index (Phi) is 4.87. The van der Waals surface area contributed by atoms with Crippen molar-refractivity contribution in [1.82, 2.24) is 14.6 Å². The first-order chi connectivity index (χ1) is 14.1. The van der Waals surface area contributed by atoms with Crippen LogP contribution < -0.4 is 5.32 Å². The first-order valence-electron chi connectivity index (χ1n) is 9.10. The lowest BCUT2D eigenvalue weighted by Crippen LogP contribution is -2.09. The van der Waals surface area contributed by atoms with Crippen molar-refractivity contribution < 1.29 is 14.0 Å². The smallest absolute Gasteiger partial charge is 0.224 e. The Morgan fingerprint density at radius 3 is 2.66 bits per heavy atom. The summed E-state index contributed by atoms with van der Waals surface area (Å²) in [5, 5.41) is 7.17. The van der Waals surface area contributed by atoms with E-state index in [0.717, 1.165) is 11.3 Å². The summed E-state index contributed by atoms with van der Waals surface area (Å²) in [7, 11) is 0. The molecular weight excluding hydrogens is 371 g/mol. The summed E-state index contributed by atoms with van der Waals surface area (Å²) in [5.41, 5.74) is 3.30. The number of benzene rings is 2. The Balaban J connectivity index is 1.75. The second-order valence-electron chi connectivity index (χ2n) is 6.44. The van der Waals surface area contributed by atoms with Gasteiger partial charge in [-0.3, -0.25) is 9.59 Å². The highest BCUT2D eigenvalue weighted by molar-refractivity contribution is 6.12. The van der Waals surface area contributed by atoms with Gasteiger partial charge in [0.1, 0.15) is 5.82 Å². The Labute approximate surface area is 166 Å². The number of fused-ring (bicyclic) bond motifs is 1. The van der Waals surface area contributed by atoms with E-state index < -0.39 is 5.82 Å². The molecule has 0 aliphatic heterocycles. The van der Waals surface area contributed by atoms with Crippen molar-refractivity contribution >= 4 is 23.0 Å². The van der Waals surface area contributed by atoms with Gasteiger partial charge in [-0.2, -0.15) is 5.10 Å². The number of carbonyl (C=O) groups excluding carboxylic acids is 2. The fourth-order valence-corrected chi connectivity index (χ4v) is 3.03. The number of carbonyl (C=O) groups is 2. The molecule has 144 valence electrons. The van der Waals surface area contributed by atoms with Gasteiger partial charge in [-0.15, -0.1) is 0 Å². The molecule has 0 aliphatic rings. The molecule has 0 saturated carbocycles. The van der Waals surface area contributed by atoms with Crippen molar-refractivity contribution in [2.75, 3.05) is 5.32 Å². The predicted octanol–water partition coefficient (Wildman–Crippen LogP) is 4.11. The Morgan fingerprint density at radius 2 is 1.90 bits per heavy atom. The number of hydrogen-bond donors (Lipinski definition) is 1. The zero-order chi connectivity index (χ0) is 20.4. The molecule has 1 N–H and O–H groups in total. The van der Waals surface area contributed by atoms with E-state index in [0.29, 0.717) is 28.9 Å². The minimum atomic E-state index is -0.406. The van der Waals surface area contributed by atoms with Gasteiger partial charge in [0.15, 0.2) is 11.4 Å². The lowest BCUT2D eigenvalue weighted by molar-refractivity contribution is -0.115. The summed E-state index contributed by atoms with van der Waals surface area (Å²) < 4.78 is 14.7. The number of hydrogen-bond acceptors (Lipinski definition) is 4. The molecule has 0 atom stereocenters. The van der Waals surface area contributed by atoms with E-state index in [1.54, 1.807) is 23.7 Å². The zero-order valence-electron chi connectivity index (χ0n) is 15.6. The third-order valence-electron chi connectivity index (χ3n) is 4.52. The van der Waals surface area contributed by atoms with Crippen LogP contribution in [0.25, 0.3) is 16.9 Å². The van der Waals surface area contributed by atoms with E-state index in [-0.39, 0.29) is 11.7 Å². The van der Waals surface area contributed by atoms with Gasteiger partial charge < -0.3 is 5.32 Å². The van der Waals surface area contributed by atoms with E-state index in [9.17, 15) is 14.0 Å². The predicted molar refractivity (Wildman–Crippen MR) is 107 cm³/mol. The van der Waals surface area contributed by atoms with Crippen LogP contribution in [-0.4, -0.2) is 26.3 Å². The fourth-order valence-electron chi connectivity index (χ4n) is 3.03. The lowest BCUT2D eigenvalue weighted by atomic mass is 10.1. The van der Waals surface area contributed by atoms with Crippen molar-refractivity contribution in [3.8, 4) is 11.3 Å². The van der Waals surface area contributed by atoms with Gasteiger partial charge in [-0.1, -0.05) is 19.1 Å². The SMILES string of the molecule is CCC(=O)Nc1cccc(-c2ccnc3c(C(=O)c4ccc(F)cc4)cnn23)c1. The topological polar surface area (TPSA) is 76.4 Å². The molecule has 4 aromatic rings. The van der Waals surface area contributed by atoms with E-state index in [1.807, 2.05) is 24.3 Å². The molecule has 0 radical (unpaired) electrons.